The van der Waals surface area contributed by atoms with Gasteiger partial charge in [0.15, 0.2) is 0 Å². The highest BCUT2D eigenvalue weighted by Crippen LogP contribution is 2.25. The van der Waals surface area contributed by atoms with Crippen molar-refractivity contribution < 1.29 is 29.5 Å². The molecule has 3 aromatic rings. The molecule has 0 saturated heterocycles. The summed E-state index contributed by atoms with van der Waals surface area (Å²) >= 11 is 0. The SMILES string of the molecule is CC(C)NCC(COc1cccc2ccccc12)OC(=O)c1ccc(CON(O)O)cc1. The molecule has 170 valence electrons. The molecule has 0 amide bonds. The summed E-state index contributed by atoms with van der Waals surface area (Å²) in [6, 6.07) is 20.5. The average molecular weight is 440 g/mol. The lowest BCUT2D eigenvalue weighted by Gasteiger charge is -2.21. The first-order chi connectivity index (χ1) is 15.4. The standard InChI is InChI=1S/C24H28N2O6/c1-17(2)25-14-21(16-30-23-9-5-7-19-6-3-4-8-22(19)23)32-24(27)20-12-10-18(11-13-20)15-31-26(28)29/h3-13,17,21,25,28-29H,14-16H2,1-2H3. The van der Waals surface area contributed by atoms with E-state index < -0.39 is 12.1 Å². The minimum absolute atomic E-state index is 0.0534. The minimum atomic E-state index is -0.496. The van der Waals surface area contributed by atoms with Gasteiger partial charge in [0.2, 0.25) is 0 Å². The highest BCUT2D eigenvalue weighted by molar-refractivity contribution is 5.89. The predicted octanol–water partition coefficient (Wildman–Crippen LogP) is 3.95. The molecule has 3 N–H and O–H groups in total. The van der Waals surface area contributed by atoms with Gasteiger partial charge < -0.3 is 14.8 Å². The van der Waals surface area contributed by atoms with Gasteiger partial charge in [0, 0.05) is 18.0 Å². The number of ether oxygens (including phenoxy) is 2. The maximum absolute atomic E-state index is 12.7. The number of rotatable bonds is 11. The van der Waals surface area contributed by atoms with Gasteiger partial charge in [-0.1, -0.05) is 62.4 Å². The number of carbonyl (C=O) groups is 1. The second kappa shape index (κ2) is 11.6. The smallest absolute Gasteiger partial charge is 0.338 e. The zero-order valence-corrected chi connectivity index (χ0v) is 18.1. The Balaban J connectivity index is 1.65. The number of hydrogen-bond donors (Lipinski definition) is 3. The number of benzene rings is 3. The molecule has 0 aromatic heterocycles. The quantitative estimate of drug-likeness (QED) is 0.304. The first-order valence-electron chi connectivity index (χ1n) is 10.4. The molecule has 0 radical (unpaired) electrons. The molecule has 0 fully saturated rings. The fourth-order valence-electron chi connectivity index (χ4n) is 3.09. The molecule has 0 bridgehead atoms. The molecule has 0 aliphatic carbocycles. The molecular formula is C24H28N2O6. The normalized spacial score (nSPS) is 12.3. The molecule has 0 spiro atoms. The van der Waals surface area contributed by atoms with E-state index >= 15 is 0 Å². The van der Waals surface area contributed by atoms with Crippen LogP contribution in [-0.4, -0.2) is 47.1 Å². The molecule has 0 heterocycles. The Labute approximate surface area is 186 Å². The highest BCUT2D eigenvalue weighted by atomic mass is 17.1. The third-order valence-corrected chi connectivity index (χ3v) is 4.74. The van der Waals surface area contributed by atoms with Crippen LogP contribution in [0.2, 0.25) is 0 Å². The largest absolute Gasteiger partial charge is 0.489 e. The van der Waals surface area contributed by atoms with E-state index in [9.17, 15) is 4.79 Å². The fourth-order valence-corrected chi connectivity index (χ4v) is 3.09. The summed E-state index contributed by atoms with van der Waals surface area (Å²) in [6.07, 6.45) is -0.496. The third-order valence-electron chi connectivity index (χ3n) is 4.74. The molecule has 32 heavy (non-hydrogen) atoms. The summed E-state index contributed by atoms with van der Waals surface area (Å²) in [5.41, 5.74) is 1.03. The van der Waals surface area contributed by atoms with Crippen molar-refractivity contribution in [2.24, 2.45) is 0 Å². The van der Waals surface area contributed by atoms with Crippen molar-refractivity contribution in [3.8, 4) is 5.75 Å². The first-order valence-corrected chi connectivity index (χ1v) is 10.4. The Morgan fingerprint density at radius 1 is 1.00 bits per heavy atom. The summed E-state index contributed by atoms with van der Waals surface area (Å²) in [7, 11) is 0. The van der Waals surface area contributed by atoms with E-state index in [0.717, 1.165) is 16.5 Å². The second-order valence-corrected chi connectivity index (χ2v) is 7.60. The molecule has 3 rings (SSSR count). The van der Waals surface area contributed by atoms with Crippen LogP contribution in [0.5, 0.6) is 5.75 Å². The van der Waals surface area contributed by atoms with E-state index in [4.69, 9.17) is 19.9 Å². The average Bonchev–Trinajstić information content (AvgIpc) is 2.79. The summed E-state index contributed by atoms with van der Waals surface area (Å²) in [5, 5.41) is 22.2. The lowest BCUT2D eigenvalue weighted by Crippen LogP contribution is -2.38. The van der Waals surface area contributed by atoms with Gasteiger partial charge in [0.25, 0.3) is 0 Å². The first kappa shape index (κ1) is 23.6. The summed E-state index contributed by atoms with van der Waals surface area (Å²) in [4.78, 5) is 17.2. The van der Waals surface area contributed by atoms with Gasteiger partial charge in [-0.3, -0.25) is 10.4 Å². The van der Waals surface area contributed by atoms with Crippen LogP contribution in [0.25, 0.3) is 10.8 Å². The lowest BCUT2D eigenvalue weighted by molar-refractivity contribution is -0.497. The van der Waals surface area contributed by atoms with Gasteiger partial charge in [-0.2, -0.15) is 0 Å². The Hall–Kier alpha value is -3.01. The molecule has 8 heteroatoms. The maximum Gasteiger partial charge on any atom is 0.338 e. The molecule has 3 aromatic carbocycles. The molecular weight excluding hydrogens is 412 g/mol. The van der Waals surface area contributed by atoms with Crippen LogP contribution in [0.4, 0.5) is 0 Å². The van der Waals surface area contributed by atoms with E-state index in [0.29, 0.717) is 17.7 Å². The zero-order chi connectivity index (χ0) is 22.9. The van der Waals surface area contributed by atoms with Crippen molar-refractivity contribution in [1.29, 1.82) is 0 Å². The second-order valence-electron chi connectivity index (χ2n) is 7.60. The van der Waals surface area contributed by atoms with E-state index in [1.807, 2.05) is 56.3 Å². The van der Waals surface area contributed by atoms with Crippen LogP contribution in [-0.2, 0) is 16.2 Å². The van der Waals surface area contributed by atoms with Crippen molar-refractivity contribution in [3.05, 3.63) is 77.9 Å². The van der Waals surface area contributed by atoms with Gasteiger partial charge >= 0.3 is 5.97 Å². The van der Waals surface area contributed by atoms with E-state index in [2.05, 4.69) is 10.2 Å². The van der Waals surface area contributed by atoms with Crippen molar-refractivity contribution >= 4 is 16.7 Å². The van der Waals surface area contributed by atoms with Crippen LogP contribution in [0.1, 0.15) is 29.8 Å². The minimum Gasteiger partial charge on any atom is -0.489 e. The zero-order valence-electron chi connectivity index (χ0n) is 18.1. The lowest BCUT2D eigenvalue weighted by atomic mass is 10.1. The summed E-state index contributed by atoms with van der Waals surface area (Å²) < 4.78 is 11.8. The van der Waals surface area contributed by atoms with E-state index in [1.165, 1.54) is 0 Å². The molecule has 0 aliphatic heterocycles. The summed E-state index contributed by atoms with van der Waals surface area (Å²) in [6.45, 7) is 4.63. The number of fused-ring (bicyclic) bond motifs is 1. The van der Waals surface area contributed by atoms with Gasteiger partial charge in [-0.05, 0) is 29.1 Å². The Morgan fingerprint density at radius 2 is 1.72 bits per heavy atom. The Bertz CT molecular complexity index is 1000. The van der Waals surface area contributed by atoms with Crippen molar-refractivity contribution in [3.63, 3.8) is 0 Å². The van der Waals surface area contributed by atoms with Crippen molar-refractivity contribution in [1.82, 2.24) is 10.7 Å². The van der Waals surface area contributed by atoms with Crippen LogP contribution in [0.15, 0.2) is 66.7 Å². The monoisotopic (exact) mass is 440 g/mol. The fraction of sp³-hybridized carbons (Fsp3) is 0.292. The Kier molecular flexibility index (Phi) is 8.55. The summed E-state index contributed by atoms with van der Waals surface area (Å²) in [5.74, 6) is 0.264. The molecule has 0 aliphatic rings. The molecule has 8 nitrogen and oxygen atoms in total. The third kappa shape index (κ3) is 7.01. The molecule has 1 atom stereocenters. The predicted molar refractivity (Wildman–Crippen MR) is 118 cm³/mol. The topological polar surface area (TPSA) is 100 Å². The Morgan fingerprint density at radius 3 is 2.44 bits per heavy atom. The molecule has 0 saturated carbocycles. The van der Waals surface area contributed by atoms with Crippen LogP contribution in [0, 0.1) is 0 Å². The maximum atomic E-state index is 12.7. The van der Waals surface area contributed by atoms with Gasteiger partial charge in [0.1, 0.15) is 18.5 Å². The van der Waals surface area contributed by atoms with Crippen molar-refractivity contribution in [2.75, 3.05) is 13.2 Å². The molecule has 1 unspecified atom stereocenters. The number of hydrogen-bond acceptors (Lipinski definition) is 8. The number of carbonyl (C=O) groups excluding carboxylic acids is 1. The van der Waals surface area contributed by atoms with E-state index in [1.54, 1.807) is 24.3 Å². The number of nitrogens with one attached hydrogen (secondary N) is 1. The van der Waals surface area contributed by atoms with Crippen LogP contribution < -0.4 is 10.1 Å². The number of esters is 1. The van der Waals surface area contributed by atoms with Gasteiger partial charge in [-0.15, -0.1) is 0 Å². The van der Waals surface area contributed by atoms with Crippen LogP contribution in [0.3, 0.4) is 0 Å². The van der Waals surface area contributed by atoms with E-state index in [-0.39, 0.29) is 24.6 Å². The van der Waals surface area contributed by atoms with Gasteiger partial charge in [-0.25, -0.2) is 9.63 Å². The highest BCUT2D eigenvalue weighted by Gasteiger charge is 2.18. The van der Waals surface area contributed by atoms with Crippen LogP contribution >= 0.6 is 0 Å². The van der Waals surface area contributed by atoms with Crippen molar-refractivity contribution in [2.45, 2.75) is 32.6 Å². The number of nitrogens with zero attached hydrogens (tertiary/aromatic N) is 1. The van der Waals surface area contributed by atoms with Gasteiger partial charge in [0.05, 0.1) is 17.6 Å².